The van der Waals surface area contributed by atoms with Crippen molar-refractivity contribution in [2.75, 3.05) is 13.7 Å². The first kappa shape index (κ1) is 22.3. The molecule has 1 aromatic heterocycles. The Bertz CT molecular complexity index is 1240. The van der Waals surface area contributed by atoms with E-state index < -0.39 is 17.6 Å². The van der Waals surface area contributed by atoms with Crippen LogP contribution in [0.1, 0.15) is 34.2 Å². The Morgan fingerprint density at radius 3 is 2.55 bits per heavy atom. The van der Waals surface area contributed by atoms with Gasteiger partial charge in [0, 0.05) is 7.05 Å². The first-order chi connectivity index (χ1) is 14.8. The zero-order chi connectivity index (χ0) is 22.7. The van der Waals surface area contributed by atoms with Gasteiger partial charge in [0.25, 0.3) is 5.56 Å². The fraction of sp³-hybridized carbons (Fsp3) is 0.273. The number of nitrogens with zero attached hydrogens (tertiary/aromatic N) is 2. The van der Waals surface area contributed by atoms with Gasteiger partial charge in [0.15, 0.2) is 12.4 Å². The van der Waals surface area contributed by atoms with Crippen LogP contribution in [0.25, 0.3) is 16.6 Å². The molecule has 0 fully saturated rings. The van der Waals surface area contributed by atoms with Crippen LogP contribution in [0.5, 0.6) is 0 Å². The maximum atomic E-state index is 13.6. The minimum Gasteiger partial charge on any atom is -0.462 e. The SMILES string of the molecule is CCOC(=O)c1c(C)cc2nc(COC(=O)NC)n(-c3ccccc3Cl)c(=O)c2c1C. The second-order valence-electron chi connectivity index (χ2n) is 6.75. The van der Waals surface area contributed by atoms with Gasteiger partial charge in [0.1, 0.15) is 0 Å². The summed E-state index contributed by atoms with van der Waals surface area (Å²) in [5.74, 6) is -0.313. The van der Waals surface area contributed by atoms with Gasteiger partial charge in [-0.05, 0) is 50.1 Å². The van der Waals surface area contributed by atoms with E-state index in [0.29, 0.717) is 32.9 Å². The third-order valence-electron chi connectivity index (χ3n) is 4.79. The molecule has 1 N–H and O–H groups in total. The number of esters is 1. The van der Waals surface area contributed by atoms with E-state index >= 15 is 0 Å². The molecule has 0 saturated carbocycles. The van der Waals surface area contributed by atoms with Gasteiger partial charge >= 0.3 is 12.1 Å². The van der Waals surface area contributed by atoms with Crippen molar-refractivity contribution in [1.82, 2.24) is 14.9 Å². The van der Waals surface area contributed by atoms with Crippen LogP contribution in [-0.2, 0) is 16.1 Å². The van der Waals surface area contributed by atoms with Gasteiger partial charge in [-0.15, -0.1) is 0 Å². The molecule has 0 spiro atoms. The minimum atomic E-state index is -0.662. The normalized spacial score (nSPS) is 10.7. The fourth-order valence-corrected chi connectivity index (χ4v) is 3.66. The van der Waals surface area contributed by atoms with Gasteiger partial charge in [0.2, 0.25) is 0 Å². The maximum absolute atomic E-state index is 13.6. The van der Waals surface area contributed by atoms with Crippen molar-refractivity contribution in [3.8, 4) is 5.69 Å². The van der Waals surface area contributed by atoms with E-state index in [1.807, 2.05) is 0 Å². The van der Waals surface area contributed by atoms with Crippen LogP contribution in [0.2, 0.25) is 5.02 Å². The summed E-state index contributed by atoms with van der Waals surface area (Å²) in [6, 6.07) is 8.42. The molecule has 0 radical (unpaired) electrons. The minimum absolute atomic E-state index is 0.192. The van der Waals surface area contributed by atoms with Gasteiger partial charge in [-0.1, -0.05) is 23.7 Å². The van der Waals surface area contributed by atoms with E-state index in [2.05, 4.69) is 10.3 Å². The molecule has 0 aliphatic rings. The zero-order valence-corrected chi connectivity index (χ0v) is 18.4. The molecule has 1 amide bonds. The summed E-state index contributed by atoms with van der Waals surface area (Å²) < 4.78 is 11.6. The van der Waals surface area contributed by atoms with Crippen LogP contribution in [-0.4, -0.2) is 35.3 Å². The Morgan fingerprint density at radius 1 is 1.19 bits per heavy atom. The van der Waals surface area contributed by atoms with Gasteiger partial charge in [-0.25, -0.2) is 14.6 Å². The summed E-state index contributed by atoms with van der Waals surface area (Å²) in [5, 5.41) is 2.94. The van der Waals surface area contributed by atoms with E-state index in [-0.39, 0.29) is 24.4 Å². The maximum Gasteiger partial charge on any atom is 0.407 e. The second-order valence-corrected chi connectivity index (χ2v) is 7.16. The van der Waals surface area contributed by atoms with E-state index in [4.69, 9.17) is 21.1 Å². The number of alkyl carbamates (subject to hydrolysis) is 1. The largest absolute Gasteiger partial charge is 0.462 e. The lowest BCUT2D eigenvalue weighted by Crippen LogP contribution is -2.28. The number of aryl methyl sites for hydroxylation is 2. The summed E-state index contributed by atoms with van der Waals surface area (Å²) >= 11 is 6.35. The molecular weight excluding hydrogens is 422 g/mol. The van der Waals surface area contributed by atoms with E-state index in [1.54, 1.807) is 51.1 Å². The quantitative estimate of drug-likeness (QED) is 0.604. The van der Waals surface area contributed by atoms with Gasteiger partial charge < -0.3 is 14.8 Å². The average Bonchev–Trinajstić information content (AvgIpc) is 2.72. The topological polar surface area (TPSA) is 99.5 Å². The lowest BCUT2D eigenvalue weighted by molar-refractivity contribution is 0.0525. The van der Waals surface area contributed by atoms with Crippen molar-refractivity contribution < 1.29 is 19.1 Å². The number of rotatable bonds is 5. The Balaban J connectivity index is 2.35. The summed E-state index contributed by atoms with van der Waals surface area (Å²) in [6.45, 7) is 5.11. The molecule has 0 aliphatic carbocycles. The monoisotopic (exact) mass is 443 g/mol. The molecular formula is C22H22ClN3O5. The molecule has 1 heterocycles. The predicted molar refractivity (Wildman–Crippen MR) is 117 cm³/mol. The highest BCUT2D eigenvalue weighted by molar-refractivity contribution is 6.32. The summed E-state index contributed by atoms with van der Waals surface area (Å²) in [7, 11) is 1.43. The van der Waals surface area contributed by atoms with Crippen molar-refractivity contribution in [2.24, 2.45) is 0 Å². The van der Waals surface area contributed by atoms with Crippen molar-refractivity contribution >= 4 is 34.6 Å². The molecule has 3 aromatic rings. The third kappa shape index (κ3) is 4.25. The van der Waals surface area contributed by atoms with Crippen LogP contribution >= 0.6 is 11.6 Å². The van der Waals surface area contributed by atoms with Gasteiger partial charge in [0.05, 0.1) is 33.8 Å². The smallest absolute Gasteiger partial charge is 0.407 e. The number of carbonyl (C=O) groups excluding carboxylic acids is 2. The highest BCUT2D eigenvalue weighted by Gasteiger charge is 2.22. The molecule has 0 atom stereocenters. The summed E-state index contributed by atoms with van der Waals surface area (Å²) in [5.41, 5.74) is 1.75. The first-order valence-corrected chi connectivity index (χ1v) is 10.00. The van der Waals surface area contributed by atoms with Gasteiger partial charge in [-0.2, -0.15) is 0 Å². The number of fused-ring (bicyclic) bond motifs is 1. The number of aromatic nitrogens is 2. The Hall–Kier alpha value is -3.39. The van der Waals surface area contributed by atoms with Crippen molar-refractivity contribution in [3.63, 3.8) is 0 Å². The molecule has 0 aliphatic heterocycles. The highest BCUT2D eigenvalue weighted by Crippen LogP contribution is 2.26. The number of para-hydroxylation sites is 1. The standard InChI is InChI=1S/C22H22ClN3O5/c1-5-30-21(28)18-12(2)10-15-19(13(18)3)20(27)26(16-9-7-6-8-14(16)23)17(25-15)11-31-22(29)24-4/h6-10H,5,11H2,1-4H3,(H,24,29). The van der Waals surface area contributed by atoms with Crippen LogP contribution in [0, 0.1) is 13.8 Å². The molecule has 9 heteroatoms. The number of nitrogens with one attached hydrogen (secondary N) is 1. The van der Waals surface area contributed by atoms with Crippen LogP contribution in [0.15, 0.2) is 35.1 Å². The second kappa shape index (κ2) is 9.18. The molecule has 162 valence electrons. The molecule has 2 aromatic carbocycles. The summed E-state index contributed by atoms with van der Waals surface area (Å²) in [4.78, 5) is 42.3. The summed E-state index contributed by atoms with van der Waals surface area (Å²) in [6.07, 6.45) is -0.662. The average molecular weight is 444 g/mol. The third-order valence-corrected chi connectivity index (χ3v) is 5.11. The van der Waals surface area contributed by atoms with E-state index in [0.717, 1.165) is 0 Å². The number of hydrogen-bond acceptors (Lipinski definition) is 6. The number of amides is 1. The molecule has 31 heavy (non-hydrogen) atoms. The molecule has 0 bridgehead atoms. The Labute approximate surface area is 183 Å². The molecule has 8 nitrogen and oxygen atoms in total. The molecule has 3 rings (SSSR count). The van der Waals surface area contributed by atoms with Gasteiger partial charge in [-0.3, -0.25) is 9.36 Å². The van der Waals surface area contributed by atoms with Crippen molar-refractivity contribution in [3.05, 3.63) is 68.2 Å². The predicted octanol–water partition coefficient (Wildman–Crippen LogP) is 3.69. The number of benzene rings is 2. The number of hydrogen-bond donors (Lipinski definition) is 1. The first-order valence-electron chi connectivity index (χ1n) is 9.62. The van der Waals surface area contributed by atoms with Crippen LogP contribution < -0.4 is 10.9 Å². The zero-order valence-electron chi connectivity index (χ0n) is 17.6. The number of halogens is 1. The lowest BCUT2D eigenvalue weighted by Gasteiger charge is -2.17. The number of ether oxygens (including phenoxy) is 2. The Kier molecular flexibility index (Phi) is 6.60. The lowest BCUT2D eigenvalue weighted by atomic mass is 9.98. The molecule has 0 unspecified atom stereocenters. The molecule has 0 saturated heterocycles. The number of carbonyl (C=O) groups is 2. The van der Waals surface area contributed by atoms with E-state index in [9.17, 15) is 14.4 Å². The Morgan fingerprint density at radius 2 is 1.90 bits per heavy atom. The van der Waals surface area contributed by atoms with E-state index in [1.165, 1.54) is 11.6 Å². The van der Waals surface area contributed by atoms with Crippen LogP contribution in [0.4, 0.5) is 4.79 Å². The van der Waals surface area contributed by atoms with Crippen molar-refractivity contribution in [1.29, 1.82) is 0 Å². The van der Waals surface area contributed by atoms with Crippen molar-refractivity contribution in [2.45, 2.75) is 27.4 Å². The van der Waals surface area contributed by atoms with Crippen LogP contribution in [0.3, 0.4) is 0 Å². The highest BCUT2D eigenvalue weighted by atomic mass is 35.5. The fourth-order valence-electron chi connectivity index (χ4n) is 3.44.